The Hall–Kier alpha value is -1.79. The Balaban J connectivity index is 2.18. The number of nitrogens with zero attached hydrogens (tertiary/aromatic N) is 1. The van der Waals surface area contributed by atoms with Gasteiger partial charge in [-0.3, -0.25) is 0 Å². The summed E-state index contributed by atoms with van der Waals surface area (Å²) in [5.74, 6) is 3.94. The van der Waals surface area contributed by atoms with Crippen LogP contribution in [0.4, 0.5) is 4.39 Å². The standard InChI is InChI=1S/C13H11FN2O3S2/c14-13-6-12(4-3-10(13)2-1-5-17)21(18,19)16-7-11-8-20-9-15-11/h3-4,6,8-9,16-17H,5,7H2. The molecule has 0 saturated carbocycles. The van der Waals surface area contributed by atoms with Gasteiger partial charge in [-0.2, -0.15) is 0 Å². The molecular weight excluding hydrogens is 315 g/mol. The minimum absolute atomic E-state index is 0.0301. The molecule has 1 aromatic carbocycles. The molecule has 110 valence electrons. The molecule has 2 aromatic rings. The Morgan fingerprint density at radius 3 is 2.86 bits per heavy atom. The van der Waals surface area contributed by atoms with Crippen LogP contribution in [-0.4, -0.2) is 25.1 Å². The van der Waals surface area contributed by atoms with Crippen LogP contribution in [0.2, 0.25) is 0 Å². The first kappa shape index (κ1) is 15.6. The van der Waals surface area contributed by atoms with Gasteiger partial charge >= 0.3 is 0 Å². The number of nitrogens with one attached hydrogen (secondary N) is 1. The predicted molar refractivity (Wildman–Crippen MR) is 76.5 cm³/mol. The molecule has 1 aromatic heterocycles. The summed E-state index contributed by atoms with van der Waals surface area (Å²) in [5, 5.41) is 10.3. The van der Waals surface area contributed by atoms with Crippen molar-refractivity contribution in [3.63, 3.8) is 0 Å². The molecule has 0 radical (unpaired) electrons. The van der Waals surface area contributed by atoms with Gasteiger partial charge in [-0.05, 0) is 18.2 Å². The summed E-state index contributed by atoms with van der Waals surface area (Å²) in [6, 6.07) is 3.41. The molecule has 0 aliphatic heterocycles. The van der Waals surface area contributed by atoms with E-state index in [2.05, 4.69) is 21.5 Å². The molecule has 0 bridgehead atoms. The number of hydrogen-bond acceptors (Lipinski definition) is 5. The second-order valence-corrected chi connectivity index (χ2v) is 6.39. The van der Waals surface area contributed by atoms with Crippen molar-refractivity contribution in [3.8, 4) is 11.8 Å². The number of rotatable bonds is 4. The highest BCUT2D eigenvalue weighted by Crippen LogP contribution is 2.14. The number of thiazole rings is 1. The summed E-state index contributed by atoms with van der Waals surface area (Å²) < 4.78 is 40.1. The van der Waals surface area contributed by atoms with Crippen molar-refractivity contribution >= 4 is 21.4 Å². The normalized spacial score (nSPS) is 11.0. The van der Waals surface area contributed by atoms with Crippen molar-refractivity contribution in [2.24, 2.45) is 0 Å². The molecule has 8 heteroatoms. The Morgan fingerprint density at radius 1 is 1.43 bits per heavy atom. The van der Waals surface area contributed by atoms with E-state index in [0.29, 0.717) is 5.69 Å². The van der Waals surface area contributed by atoms with Crippen LogP contribution in [0.15, 0.2) is 34.0 Å². The molecule has 2 N–H and O–H groups in total. The Morgan fingerprint density at radius 2 is 2.24 bits per heavy atom. The summed E-state index contributed by atoms with van der Waals surface area (Å²) >= 11 is 1.36. The fraction of sp³-hybridized carbons (Fsp3) is 0.154. The molecule has 0 spiro atoms. The Kier molecular flexibility index (Phi) is 5.03. The first-order chi connectivity index (χ1) is 10.0. The molecule has 2 rings (SSSR count). The molecule has 0 atom stereocenters. The van der Waals surface area contributed by atoms with E-state index in [4.69, 9.17) is 5.11 Å². The molecule has 0 amide bonds. The number of sulfonamides is 1. The van der Waals surface area contributed by atoms with Gasteiger partial charge in [0.05, 0.1) is 28.2 Å². The minimum atomic E-state index is -3.82. The molecule has 1 heterocycles. The van der Waals surface area contributed by atoms with Crippen LogP contribution >= 0.6 is 11.3 Å². The van der Waals surface area contributed by atoms with E-state index in [0.717, 1.165) is 6.07 Å². The maximum atomic E-state index is 13.7. The number of aliphatic hydroxyl groups is 1. The lowest BCUT2D eigenvalue weighted by molar-refractivity contribution is 0.350. The quantitative estimate of drug-likeness (QED) is 0.825. The highest BCUT2D eigenvalue weighted by Gasteiger charge is 2.16. The summed E-state index contributed by atoms with van der Waals surface area (Å²) in [7, 11) is -3.82. The van der Waals surface area contributed by atoms with Gasteiger partial charge in [0, 0.05) is 5.38 Å². The molecule has 21 heavy (non-hydrogen) atoms. The lowest BCUT2D eigenvalue weighted by Crippen LogP contribution is -2.23. The van der Waals surface area contributed by atoms with Gasteiger partial charge in [-0.1, -0.05) is 11.8 Å². The second kappa shape index (κ2) is 6.78. The third-order valence-electron chi connectivity index (χ3n) is 2.48. The lowest BCUT2D eigenvalue weighted by Gasteiger charge is -2.06. The highest BCUT2D eigenvalue weighted by atomic mass is 32.2. The van der Waals surface area contributed by atoms with Gasteiger partial charge in [-0.25, -0.2) is 22.5 Å². The van der Waals surface area contributed by atoms with Crippen molar-refractivity contribution < 1.29 is 17.9 Å². The van der Waals surface area contributed by atoms with Crippen LogP contribution in [0, 0.1) is 17.7 Å². The van der Waals surface area contributed by atoms with E-state index >= 15 is 0 Å². The van der Waals surface area contributed by atoms with E-state index < -0.39 is 22.4 Å². The van der Waals surface area contributed by atoms with Gasteiger partial charge in [0.1, 0.15) is 12.4 Å². The van der Waals surface area contributed by atoms with Crippen LogP contribution in [0.3, 0.4) is 0 Å². The molecular formula is C13H11FN2O3S2. The molecule has 0 unspecified atom stereocenters. The average molecular weight is 326 g/mol. The smallest absolute Gasteiger partial charge is 0.241 e. The summed E-state index contributed by atoms with van der Waals surface area (Å²) in [4.78, 5) is 3.76. The van der Waals surface area contributed by atoms with Gasteiger partial charge in [0.2, 0.25) is 10.0 Å². The van der Waals surface area contributed by atoms with Gasteiger partial charge in [-0.15, -0.1) is 11.3 Å². The van der Waals surface area contributed by atoms with Crippen LogP contribution < -0.4 is 4.72 Å². The zero-order valence-corrected chi connectivity index (χ0v) is 12.3. The largest absolute Gasteiger partial charge is 0.384 e. The summed E-state index contributed by atoms with van der Waals surface area (Å²) in [6.07, 6.45) is 0. The molecule has 0 saturated heterocycles. The fourth-order valence-electron chi connectivity index (χ4n) is 1.48. The maximum absolute atomic E-state index is 13.7. The topological polar surface area (TPSA) is 79.3 Å². The number of halogens is 1. The fourth-order valence-corrected chi connectivity index (χ4v) is 3.05. The van der Waals surface area contributed by atoms with E-state index in [-0.39, 0.29) is 17.0 Å². The van der Waals surface area contributed by atoms with Crippen LogP contribution in [0.5, 0.6) is 0 Å². The van der Waals surface area contributed by atoms with E-state index in [1.807, 2.05) is 0 Å². The Bertz CT molecular complexity index is 777. The third-order valence-corrected chi connectivity index (χ3v) is 4.51. The van der Waals surface area contributed by atoms with Crippen LogP contribution in [-0.2, 0) is 16.6 Å². The molecule has 5 nitrogen and oxygen atoms in total. The number of aliphatic hydroxyl groups excluding tert-OH is 1. The highest BCUT2D eigenvalue weighted by molar-refractivity contribution is 7.89. The van der Waals surface area contributed by atoms with Crippen LogP contribution in [0.25, 0.3) is 0 Å². The SMILES string of the molecule is O=S(=O)(NCc1cscn1)c1ccc(C#CCO)c(F)c1. The van der Waals surface area contributed by atoms with E-state index in [1.165, 1.54) is 23.5 Å². The summed E-state index contributed by atoms with van der Waals surface area (Å²) in [6.45, 7) is -0.353. The van der Waals surface area contributed by atoms with E-state index in [1.54, 1.807) is 10.9 Å². The molecule has 0 aliphatic rings. The number of hydrogen-bond donors (Lipinski definition) is 2. The van der Waals surface area contributed by atoms with Crippen molar-refractivity contribution in [1.82, 2.24) is 9.71 Å². The van der Waals surface area contributed by atoms with Crippen molar-refractivity contribution in [2.45, 2.75) is 11.4 Å². The van der Waals surface area contributed by atoms with E-state index in [9.17, 15) is 12.8 Å². The third kappa shape index (κ3) is 4.09. The average Bonchev–Trinajstić information content (AvgIpc) is 2.97. The Labute approximate surface area is 125 Å². The van der Waals surface area contributed by atoms with Gasteiger partial charge in [0.25, 0.3) is 0 Å². The second-order valence-electron chi connectivity index (χ2n) is 3.91. The van der Waals surface area contributed by atoms with Crippen molar-refractivity contribution in [2.75, 3.05) is 6.61 Å². The maximum Gasteiger partial charge on any atom is 0.241 e. The molecule has 0 aliphatic carbocycles. The molecule has 0 fully saturated rings. The van der Waals surface area contributed by atoms with Crippen molar-refractivity contribution in [1.29, 1.82) is 0 Å². The summed E-state index contributed by atoms with van der Waals surface area (Å²) in [5.41, 5.74) is 2.22. The predicted octanol–water partition coefficient (Wildman–Crippen LogP) is 1.10. The first-order valence-corrected chi connectivity index (χ1v) is 8.21. The monoisotopic (exact) mass is 326 g/mol. The number of aromatic nitrogens is 1. The van der Waals surface area contributed by atoms with Crippen molar-refractivity contribution in [3.05, 3.63) is 46.2 Å². The van der Waals surface area contributed by atoms with Gasteiger partial charge in [0.15, 0.2) is 0 Å². The zero-order chi connectivity index (χ0) is 15.3. The van der Waals surface area contributed by atoms with Gasteiger partial charge < -0.3 is 5.11 Å². The number of benzene rings is 1. The zero-order valence-electron chi connectivity index (χ0n) is 10.7. The first-order valence-electron chi connectivity index (χ1n) is 5.79. The van der Waals surface area contributed by atoms with Crippen LogP contribution in [0.1, 0.15) is 11.3 Å². The lowest BCUT2D eigenvalue weighted by atomic mass is 10.2. The minimum Gasteiger partial charge on any atom is -0.384 e.